The van der Waals surface area contributed by atoms with E-state index in [1.54, 1.807) is 4.90 Å². The molecule has 1 aliphatic heterocycles. The lowest BCUT2D eigenvalue weighted by atomic mass is 10.1. The quantitative estimate of drug-likeness (QED) is 0.856. The summed E-state index contributed by atoms with van der Waals surface area (Å²) in [5.41, 5.74) is 2.39. The maximum atomic E-state index is 13.1. The molecule has 0 radical (unpaired) electrons. The number of fused-ring (bicyclic) bond motifs is 1. The van der Waals surface area contributed by atoms with Crippen LogP contribution < -0.4 is 0 Å². The first kappa shape index (κ1) is 15.7. The molecule has 0 spiro atoms. The van der Waals surface area contributed by atoms with Gasteiger partial charge in [0.15, 0.2) is 9.84 Å². The van der Waals surface area contributed by atoms with Crippen LogP contribution in [0, 0.1) is 5.92 Å². The van der Waals surface area contributed by atoms with Crippen LogP contribution in [0.15, 0.2) is 28.9 Å². The van der Waals surface area contributed by atoms with Crippen LogP contribution in [0.2, 0.25) is 0 Å². The summed E-state index contributed by atoms with van der Waals surface area (Å²) in [7, 11) is -3.04. The van der Waals surface area contributed by atoms with Crippen molar-refractivity contribution in [3.05, 3.63) is 35.6 Å². The van der Waals surface area contributed by atoms with Gasteiger partial charge in [0.05, 0.1) is 17.1 Å². The van der Waals surface area contributed by atoms with E-state index in [-0.39, 0.29) is 30.0 Å². The summed E-state index contributed by atoms with van der Waals surface area (Å²) in [6.45, 7) is 2.35. The van der Waals surface area contributed by atoms with Crippen LogP contribution in [0.5, 0.6) is 0 Å². The number of furan rings is 1. The van der Waals surface area contributed by atoms with Gasteiger partial charge in [-0.15, -0.1) is 0 Å². The Morgan fingerprint density at radius 2 is 2.12 bits per heavy atom. The molecule has 1 aromatic heterocycles. The third-order valence-corrected chi connectivity index (χ3v) is 6.83. The zero-order chi connectivity index (χ0) is 16.9. The van der Waals surface area contributed by atoms with Crippen LogP contribution in [0.4, 0.5) is 0 Å². The summed E-state index contributed by atoms with van der Waals surface area (Å²) in [5.74, 6) is 0.374. The van der Waals surface area contributed by atoms with Gasteiger partial charge in [0.2, 0.25) is 0 Å². The van der Waals surface area contributed by atoms with Gasteiger partial charge in [0.25, 0.3) is 5.91 Å². The van der Waals surface area contributed by atoms with Gasteiger partial charge in [-0.05, 0) is 42.9 Å². The van der Waals surface area contributed by atoms with Crippen LogP contribution in [0.1, 0.15) is 35.7 Å². The van der Waals surface area contributed by atoms with Crippen LogP contribution in [-0.4, -0.2) is 43.3 Å². The second-order valence-corrected chi connectivity index (χ2v) is 9.08. The van der Waals surface area contributed by atoms with Gasteiger partial charge in [-0.3, -0.25) is 4.79 Å². The third kappa shape index (κ3) is 2.73. The molecular weight excluding hydrogens is 326 g/mol. The summed E-state index contributed by atoms with van der Waals surface area (Å²) < 4.78 is 29.5. The molecule has 0 bridgehead atoms. The lowest BCUT2D eigenvalue weighted by molar-refractivity contribution is 0.0680. The Bertz CT molecular complexity index is 895. The molecule has 4 rings (SSSR count). The number of aryl methyl sites for hydroxylation is 1. The first-order valence-corrected chi connectivity index (χ1v) is 10.3. The average molecular weight is 347 g/mol. The van der Waals surface area contributed by atoms with E-state index in [0.717, 1.165) is 30.2 Å². The van der Waals surface area contributed by atoms with Crippen LogP contribution >= 0.6 is 0 Å². The van der Waals surface area contributed by atoms with Crippen molar-refractivity contribution in [2.75, 3.05) is 18.1 Å². The van der Waals surface area contributed by atoms with Crippen molar-refractivity contribution < 1.29 is 17.6 Å². The molecule has 2 aromatic rings. The van der Waals surface area contributed by atoms with Gasteiger partial charge in [-0.2, -0.15) is 0 Å². The van der Waals surface area contributed by atoms with Gasteiger partial charge in [-0.1, -0.05) is 13.0 Å². The summed E-state index contributed by atoms with van der Waals surface area (Å²) in [4.78, 5) is 14.9. The smallest absolute Gasteiger partial charge is 0.258 e. The largest absolute Gasteiger partial charge is 0.463 e. The van der Waals surface area contributed by atoms with Gasteiger partial charge in [-0.25, -0.2) is 8.42 Å². The fraction of sp³-hybridized carbons (Fsp3) is 0.500. The summed E-state index contributed by atoms with van der Waals surface area (Å²) in [6.07, 6.45) is 4.42. The van der Waals surface area contributed by atoms with Crippen molar-refractivity contribution in [3.63, 3.8) is 0 Å². The molecule has 2 fully saturated rings. The Morgan fingerprint density at radius 3 is 2.83 bits per heavy atom. The molecule has 1 atom stereocenters. The van der Waals surface area contributed by atoms with Crippen molar-refractivity contribution in [2.24, 2.45) is 5.92 Å². The Kier molecular flexibility index (Phi) is 3.67. The number of sulfone groups is 1. The minimum atomic E-state index is -3.04. The molecule has 1 amide bonds. The molecular formula is C18H21NO4S. The van der Waals surface area contributed by atoms with E-state index in [9.17, 15) is 13.2 Å². The van der Waals surface area contributed by atoms with E-state index < -0.39 is 9.84 Å². The van der Waals surface area contributed by atoms with Crippen molar-refractivity contribution in [1.29, 1.82) is 0 Å². The minimum absolute atomic E-state index is 0.0535. The zero-order valence-corrected chi connectivity index (χ0v) is 14.5. The topological polar surface area (TPSA) is 67.6 Å². The van der Waals surface area contributed by atoms with Crippen molar-refractivity contribution in [2.45, 2.75) is 32.2 Å². The summed E-state index contributed by atoms with van der Waals surface area (Å²) in [5, 5.41) is 0.822. The van der Waals surface area contributed by atoms with E-state index in [1.165, 1.54) is 6.26 Å². The zero-order valence-electron chi connectivity index (χ0n) is 13.7. The number of hydrogen-bond acceptors (Lipinski definition) is 4. The first-order chi connectivity index (χ1) is 11.5. The Labute approximate surface area is 141 Å². The first-order valence-electron chi connectivity index (χ1n) is 8.50. The van der Waals surface area contributed by atoms with Gasteiger partial charge < -0.3 is 9.32 Å². The van der Waals surface area contributed by atoms with E-state index in [4.69, 9.17) is 4.42 Å². The maximum Gasteiger partial charge on any atom is 0.258 e. The fourth-order valence-electron chi connectivity index (χ4n) is 3.58. The molecule has 2 heterocycles. The van der Waals surface area contributed by atoms with Crippen molar-refractivity contribution >= 4 is 26.7 Å². The molecule has 6 heteroatoms. The number of amides is 1. The Hall–Kier alpha value is -1.82. The number of rotatable bonds is 3. The van der Waals surface area contributed by atoms with Crippen LogP contribution in [0.3, 0.4) is 0 Å². The SMILES string of the molecule is CCc1ccc2occ(C(=O)N3CCS(=O)(=O)CC3C3CC3)c2c1. The molecule has 24 heavy (non-hydrogen) atoms. The van der Waals surface area contributed by atoms with E-state index in [2.05, 4.69) is 6.92 Å². The third-order valence-electron chi connectivity index (χ3n) is 5.17. The molecule has 1 aromatic carbocycles. The maximum absolute atomic E-state index is 13.1. The second-order valence-electron chi connectivity index (χ2n) is 6.85. The highest BCUT2D eigenvalue weighted by Crippen LogP contribution is 2.38. The molecule has 1 saturated heterocycles. The second kappa shape index (κ2) is 5.62. The van der Waals surface area contributed by atoms with Gasteiger partial charge >= 0.3 is 0 Å². The number of hydrogen-bond donors (Lipinski definition) is 0. The van der Waals surface area contributed by atoms with E-state index in [1.807, 2.05) is 18.2 Å². The summed E-state index contributed by atoms with van der Waals surface area (Å²) >= 11 is 0. The predicted octanol–water partition coefficient (Wildman–Crippen LogP) is 2.64. The van der Waals surface area contributed by atoms with Crippen molar-refractivity contribution in [3.8, 4) is 0 Å². The number of benzene rings is 1. The van der Waals surface area contributed by atoms with Crippen molar-refractivity contribution in [1.82, 2.24) is 4.90 Å². The average Bonchev–Trinajstić information content (AvgIpc) is 3.32. The highest BCUT2D eigenvalue weighted by atomic mass is 32.2. The normalized spacial score (nSPS) is 23.5. The Balaban J connectivity index is 1.70. The molecule has 2 aliphatic rings. The lowest BCUT2D eigenvalue weighted by Gasteiger charge is -2.35. The predicted molar refractivity (Wildman–Crippen MR) is 91.8 cm³/mol. The molecule has 1 aliphatic carbocycles. The molecule has 5 nitrogen and oxygen atoms in total. The Morgan fingerprint density at radius 1 is 1.33 bits per heavy atom. The molecule has 1 saturated carbocycles. The monoisotopic (exact) mass is 347 g/mol. The summed E-state index contributed by atoms with van der Waals surface area (Å²) in [6, 6.07) is 5.71. The fourth-order valence-corrected chi connectivity index (χ4v) is 5.19. The highest BCUT2D eigenvalue weighted by molar-refractivity contribution is 7.91. The number of carbonyl (C=O) groups is 1. The van der Waals surface area contributed by atoms with Gasteiger partial charge in [0, 0.05) is 18.0 Å². The van der Waals surface area contributed by atoms with E-state index in [0.29, 0.717) is 17.1 Å². The number of carbonyl (C=O) groups excluding carboxylic acids is 1. The number of nitrogens with zero attached hydrogens (tertiary/aromatic N) is 1. The van der Waals surface area contributed by atoms with E-state index >= 15 is 0 Å². The standard InChI is InChI=1S/C18H21NO4S/c1-2-12-3-6-17-14(9-12)15(10-23-17)18(20)19-7-8-24(21,22)11-16(19)13-4-5-13/h3,6,9-10,13,16H,2,4-5,7-8,11H2,1H3. The van der Waals surface area contributed by atoms with Crippen LogP contribution in [0.25, 0.3) is 11.0 Å². The van der Waals surface area contributed by atoms with Crippen LogP contribution in [-0.2, 0) is 16.3 Å². The molecule has 1 unspecified atom stereocenters. The highest BCUT2D eigenvalue weighted by Gasteiger charge is 2.43. The minimum Gasteiger partial charge on any atom is -0.463 e. The lowest BCUT2D eigenvalue weighted by Crippen LogP contribution is -2.52. The van der Waals surface area contributed by atoms with Gasteiger partial charge in [0.1, 0.15) is 11.8 Å². The molecule has 128 valence electrons. The molecule has 0 N–H and O–H groups in total.